The Bertz CT molecular complexity index is 634. The van der Waals surface area contributed by atoms with Crippen molar-refractivity contribution >= 4 is 11.6 Å². The van der Waals surface area contributed by atoms with Gasteiger partial charge in [-0.2, -0.15) is 4.98 Å². The SMILES string of the molecule is C=C([C@@H]1O[C@H](CO)[C@@H](O)[C@H]1F)n1nc(N)nc(OC)c1=NC. The van der Waals surface area contributed by atoms with Crippen molar-refractivity contribution in [3.63, 3.8) is 0 Å². The molecular formula is C12H18FN5O4. The molecule has 0 unspecified atom stereocenters. The first-order valence-corrected chi connectivity index (χ1v) is 6.45. The number of nitrogens with two attached hydrogens (primary N) is 1. The first-order valence-electron chi connectivity index (χ1n) is 6.45. The molecule has 22 heavy (non-hydrogen) atoms. The zero-order chi connectivity index (χ0) is 16.4. The fraction of sp³-hybridized carbons (Fsp3) is 0.583. The number of halogens is 1. The first-order chi connectivity index (χ1) is 10.4. The van der Waals surface area contributed by atoms with E-state index in [2.05, 4.69) is 21.7 Å². The third kappa shape index (κ3) is 2.67. The number of anilines is 1. The average Bonchev–Trinajstić information content (AvgIpc) is 2.81. The minimum atomic E-state index is -1.77. The number of hydrogen-bond donors (Lipinski definition) is 3. The van der Waals surface area contributed by atoms with Gasteiger partial charge >= 0.3 is 0 Å². The molecule has 0 aliphatic carbocycles. The van der Waals surface area contributed by atoms with Crippen LogP contribution >= 0.6 is 0 Å². The van der Waals surface area contributed by atoms with E-state index in [0.29, 0.717) is 0 Å². The van der Waals surface area contributed by atoms with Crippen LogP contribution in [0.3, 0.4) is 0 Å². The van der Waals surface area contributed by atoms with Crippen molar-refractivity contribution in [3.8, 4) is 5.88 Å². The lowest BCUT2D eigenvalue weighted by Gasteiger charge is -2.18. The van der Waals surface area contributed by atoms with Crippen LogP contribution < -0.4 is 16.0 Å². The quantitative estimate of drug-likeness (QED) is 0.606. The predicted octanol–water partition coefficient (Wildman–Crippen LogP) is -1.67. The van der Waals surface area contributed by atoms with Gasteiger partial charge in [-0.3, -0.25) is 4.99 Å². The summed E-state index contributed by atoms with van der Waals surface area (Å²) in [6.45, 7) is 3.21. The molecule has 0 spiro atoms. The molecule has 1 saturated heterocycles. The molecule has 0 bridgehead atoms. The van der Waals surface area contributed by atoms with Gasteiger partial charge in [0.1, 0.15) is 18.3 Å². The Hall–Kier alpha value is -2.04. The number of nitrogens with zero attached hydrogens (tertiary/aromatic N) is 4. The zero-order valence-corrected chi connectivity index (χ0v) is 12.2. The molecule has 10 heteroatoms. The average molecular weight is 315 g/mol. The number of hydrogen-bond acceptors (Lipinski definition) is 8. The number of nitrogen functional groups attached to an aromatic ring is 1. The summed E-state index contributed by atoms with van der Waals surface area (Å²) in [7, 11) is 2.84. The van der Waals surface area contributed by atoms with Gasteiger partial charge in [-0.1, -0.05) is 6.58 Å². The summed E-state index contributed by atoms with van der Waals surface area (Å²) in [5.41, 5.74) is 5.80. The molecule has 0 saturated carbocycles. The second-order valence-corrected chi connectivity index (χ2v) is 4.64. The van der Waals surface area contributed by atoms with Crippen molar-refractivity contribution < 1.29 is 24.1 Å². The normalized spacial score (nSPS) is 28.9. The molecule has 122 valence electrons. The van der Waals surface area contributed by atoms with E-state index in [-0.39, 0.29) is 23.0 Å². The maximum absolute atomic E-state index is 14.2. The highest BCUT2D eigenvalue weighted by Gasteiger charge is 2.45. The van der Waals surface area contributed by atoms with Gasteiger partial charge in [0.2, 0.25) is 11.4 Å². The molecule has 1 aromatic heterocycles. The Balaban J connectivity index is 2.45. The van der Waals surface area contributed by atoms with E-state index in [9.17, 15) is 9.50 Å². The fourth-order valence-corrected chi connectivity index (χ4v) is 2.21. The fourth-order valence-electron chi connectivity index (χ4n) is 2.21. The Morgan fingerprint density at radius 3 is 2.82 bits per heavy atom. The van der Waals surface area contributed by atoms with Crippen molar-refractivity contribution in [1.29, 1.82) is 0 Å². The van der Waals surface area contributed by atoms with E-state index in [4.69, 9.17) is 20.3 Å². The lowest BCUT2D eigenvalue weighted by molar-refractivity contribution is -0.0103. The van der Waals surface area contributed by atoms with Gasteiger partial charge in [0.25, 0.3) is 5.88 Å². The summed E-state index contributed by atoms with van der Waals surface area (Å²) in [4.78, 5) is 7.83. The lowest BCUT2D eigenvalue weighted by Crippen LogP contribution is -2.35. The monoisotopic (exact) mass is 315 g/mol. The summed E-state index contributed by atoms with van der Waals surface area (Å²) >= 11 is 0. The maximum atomic E-state index is 14.2. The van der Waals surface area contributed by atoms with Crippen molar-refractivity contribution in [2.45, 2.75) is 24.5 Å². The predicted molar refractivity (Wildman–Crippen MR) is 74.5 cm³/mol. The van der Waals surface area contributed by atoms with Gasteiger partial charge in [0.05, 0.1) is 19.4 Å². The second-order valence-electron chi connectivity index (χ2n) is 4.64. The lowest BCUT2D eigenvalue weighted by atomic mass is 10.1. The van der Waals surface area contributed by atoms with Crippen molar-refractivity contribution in [2.24, 2.45) is 4.99 Å². The van der Waals surface area contributed by atoms with Crippen LogP contribution in [0.4, 0.5) is 10.3 Å². The molecule has 1 fully saturated rings. The molecular weight excluding hydrogens is 297 g/mol. The van der Waals surface area contributed by atoms with E-state index >= 15 is 0 Å². The zero-order valence-electron chi connectivity index (χ0n) is 12.2. The number of rotatable bonds is 4. The van der Waals surface area contributed by atoms with Gasteiger partial charge in [-0.25, -0.2) is 9.07 Å². The number of methoxy groups -OCH3 is 1. The van der Waals surface area contributed by atoms with Gasteiger partial charge in [-0.15, -0.1) is 5.10 Å². The Labute approximate surface area is 125 Å². The minimum Gasteiger partial charge on any atom is -0.478 e. The van der Waals surface area contributed by atoms with Crippen LogP contribution in [0.2, 0.25) is 0 Å². The number of aromatic nitrogens is 3. The molecule has 9 nitrogen and oxygen atoms in total. The standard InChI is InChI=1S/C12H18FN5O4/c1-5(9-7(13)8(20)6(4-19)22-9)18-10(15-2)11(21-3)16-12(14)17-18/h6-9,19-20H,1,4H2,2-3H3,(H2,14,17)/t6-,7-,8-,9+/m1/s1. The molecule has 1 aromatic rings. The highest BCUT2D eigenvalue weighted by molar-refractivity contribution is 5.48. The number of aliphatic hydroxyl groups is 2. The Morgan fingerprint density at radius 1 is 1.64 bits per heavy atom. The number of ether oxygens (including phenoxy) is 2. The maximum Gasteiger partial charge on any atom is 0.262 e. The largest absolute Gasteiger partial charge is 0.478 e. The van der Waals surface area contributed by atoms with E-state index in [1.54, 1.807) is 0 Å². The summed E-state index contributed by atoms with van der Waals surface area (Å²) in [5.74, 6) is -0.0399. The minimum absolute atomic E-state index is 0.0514. The van der Waals surface area contributed by atoms with Crippen LogP contribution in [-0.4, -0.2) is 70.2 Å². The Morgan fingerprint density at radius 2 is 2.32 bits per heavy atom. The van der Waals surface area contributed by atoms with Crippen LogP contribution in [0.1, 0.15) is 0 Å². The first kappa shape index (κ1) is 16.3. The van der Waals surface area contributed by atoms with Crippen LogP contribution in [0.15, 0.2) is 11.6 Å². The molecule has 0 amide bonds. The molecule has 2 rings (SSSR count). The number of aliphatic hydroxyl groups excluding tert-OH is 2. The van der Waals surface area contributed by atoms with Crippen molar-refractivity contribution in [3.05, 3.63) is 12.1 Å². The van der Waals surface area contributed by atoms with Gasteiger partial charge in [-0.05, 0) is 0 Å². The molecule has 0 radical (unpaired) electrons. The molecule has 4 N–H and O–H groups in total. The topological polar surface area (TPSA) is 128 Å². The summed E-state index contributed by atoms with van der Waals surface area (Å²) in [6, 6.07) is 0. The second kappa shape index (κ2) is 6.38. The van der Waals surface area contributed by atoms with E-state index in [1.807, 2.05) is 0 Å². The third-order valence-electron chi connectivity index (χ3n) is 3.31. The van der Waals surface area contributed by atoms with E-state index in [1.165, 1.54) is 14.2 Å². The molecule has 0 aromatic carbocycles. The van der Waals surface area contributed by atoms with E-state index in [0.717, 1.165) is 4.68 Å². The van der Waals surface area contributed by atoms with E-state index < -0.39 is 31.1 Å². The molecule has 1 aliphatic heterocycles. The smallest absolute Gasteiger partial charge is 0.262 e. The van der Waals surface area contributed by atoms with Gasteiger partial charge < -0.3 is 25.4 Å². The van der Waals surface area contributed by atoms with Gasteiger partial charge in [0, 0.05) is 7.05 Å². The van der Waals surface area contributed by atoms with Gasteiger partial charge in [0.15, 0.2) is 6.17 Å². The number of alkyl halides is 1. The molecule has 2 heterocycles. The van der Waals surface area contributed by atoms with Crippen molar-refractivity contribution in [2.75, 3.05) is 26.5 Å². The third-order valence-corrected chi connectivity index (χ3v) is 3.31. The summed E-state index contributed by atoms with van der Waals surface area (Å²) in [5, 5.41) is 22.7. The van der Waals surface area contributed by atoms with Crippen LogP contribution in [0.25, 0.3) is 5.70 Å². The highest BCUT2D eigenvalue weighted by Crippen LogP contribution is 2.29. The molecule has 1 aliphatic rings. The molecule has 4 atom stereocenters. The van der Waals surface area contributed by atoms with Crippen LogP contribution in [-0.2, 0) is 4.74 Å². The summed E-state index contributed by atoms with van der Waals surface area (Å²) < 4.78 is 25.7. The Kier molecular flexibility index (Phi) is 4.74. The van der Waals surface area contributed by atoms with Crippen LogP contribution in [0, 0.1) is 0 Å². The summed E-state index contributed by atoms with van der Waals surface area (Å²) in [6.07, 6.45) is -5.49. The van der Waals surface area contributed by atoms with Crippen LogP contribution in [0.5, 0.6) is 5.88 Å². The highest BCUT2D eigenvalue weighted by atomic mass is 19.1. The van der Waals surface area contributed by atoms with Crippen molar-refractivity contribution in [1.82, 2.24) is 14.8 Å².